The SMILES string of the molecule is O=C1CCC2C(CCC3CC(=O)CCC32)C1. The zero-order valence-electron chi connectivity index (χ0n) is 9.78. The van der Waals surface area contributed by atoms with Crippen LogP contribution in [-0.2, 0) is 9.59 Å². The summed E-state index contributed by atoms with van der Waals surface area (Å²) < 4.78 is 0. The van der Waals surface area contributed by atoms with Crippen LogP contribution in [0.2, 0.25) is 0 Å². The van der Waals surface area contributed by atoms with E-state index in [0.717, 1.165) is 50.4 Å². The van der Waals surface area contributed by atoms with E-state index in [1.54, 1.807) is 0 Å². The van der Waals surface area contributed by atoms with Crippen molar-refractivity contribution in [2.45, 2.75) is 51.4 Å². The molecule has 0 amide bonds. The van der Waals surface area contributed by atoms with Gasteiger partial charge in [0.25, 0.3) is 0 Å². The van der Waals surface area contributed by atoms with Gasteiger partial charge in [0, 0.05) is 25.7 Å². The molecule has 4 atom stereocenters. The van der Waals surface area contributed by atoms with Gasteiger partial charge in [-0.25, -0.2) is 0 Å². The van der Waals surface area contributed by atoms with Gasteiger partial charge in [0.1, 0.15) is 11.6 Å². The molecular weight excluding hydrogens is 200 g/mol. The maximum absolute atomic E-state index is 11.5. The Morgan fingerprint density at radius 2 is 1.12 bits per heavy atom. The van der Waals surface area contributed by atoms with Crippen LogP contribution in [0.5, 0.6) is 0 Å². The molecule has 0 bridgehead atoms. The van der Waals surface area contributed by atoms with Crippen molar-refractivity contribution < 1.29 is 9.59 Å². The minimum absolute atomic E-state index is 0.478. The Balaban J connectivity index is 1.75. The van der Waals surface area contributed by atoms with Gasteiger partial charge in [-0.05, 0) is 49.4 Å². The Kier molecular flexibility index (Phi) is 2.61. The summed E-state index contributed by atoms with van der Waals surface area (Å²) in [5, 5.41) is 0. The van der Waals surface area contributed by atoms with Crippen LogP contribution in [0, 0.1) is 23.7 Å². The summed E-state index contributed by atoms with van der Waals surface area (Å²) in [5.74, 6) is 3.82. The average molecular weight is 220 g/mol. The van der Waals surface area contributed by atoms with Crippen molar-refractivity contribution >= 4 is 11.6 Å². The topological polar surface area (TPSA) is 34.1 Å². The lowest BCUT2D eigenvalue weighted by atomic mass is 9.57. The van der Waals surface area contributed by atoms with Gasteiger partial charge in [-0.1, -0.05) is 0 Å². The molecule has 16 heavy (non-hydrogen) atoms. The lowest BCUT2D eigenvalue weighted by Crippen LogP contribution is -2.41. The predicted octanol–water partition coefficient (Wildman–Crippen LogP) is 2.75. The normalized spacial score (nSPS) is 43.8. The summed E-state index contributed by atoms with van der Waals surface area (Å²) in [6, 6.07) is 0. The zero-order chi connectivity index (χ0) is 11.1. The Bertz CT molecular complexity index is 289. The molecule has 2 nitrogen and oxygen atoms in total. The van der Waals surface area contributed by atoms with Gasteiger partial charge in [0.05, 0.1) is 0 Å². The molecule has 0 aromatic carbocycles. The number of hydrogen-bond acceptors (Lipinski definition) is 2. The number of carbonyl (C=O) groups excluding carboxylic acids is 2. The van der Waals surface area contributed by atoms with Crippen molar-refractivity contribution in [2.24, 2.45) is 23.7 Å². The average Bonchev–Trinajstić information content (AvgIpc) is 2.28. The van der Waals surface area contributed by atoms with E-state index >= 15 is 0 Å². The molecule has 0 N–H and O–H groups in total. The third kappa shape index (κ3) is 1.72. The van der Waals surface area contributed by atoms with Gasteiger partial charge in [0.2, 0.25) is 0 Å². The van der Waals surface area contributed by atoms with Crippen LogP contribution in [0.3, 0.4) is 0 Å². The first-order chi connectivity index (χ1) is 7.74. The molecule has 2 heteroatoms. The summed E-state index contributed by atoms with van der Waals surface area (Å²) in [7, 11) is 0. The molecule has 0 saturated heterocycles. The van der Waals surface area contributed by atoms with E-state index in [1.807, 2.05) is 0 Å². The van der Waals surface area contributed by atoms with Gasteiger partial charge in [0.15, 0.2) is 0 Å². The first kappa shape index (κ1) is 10.5. The van der Waals surface area contributed by atoms with Crippen LogP contribution in [-0.4, -0.2) is 11.6 Å². The summed E-state index contributed by atoms with van der Waals surface area (Å²) in [5.41, 5.74) is 0. The zero-order valence-corrected chi connectivity index (χ0v) is 9.78. The fourth-order valence-corrected chi connectivity index (χ4v) is 4.41. The second-order valence-electron chi connectivity index (χ2n) is 5.99. The number of carbonyl (C=O) groups is 2. The highest BCUT2D eigenvalue weighted by atomic mass is 16.1. The van der Waals surface area contributed by atoms with Gasteiger partial charge in [-0.2, -0.15) is 0 Å². The molecule has 3 rings (SSSR count). The first-order valence-electron chi connectivity index (χ1n) is 6.77. The summed E-state index contributed by atoms with van der Waals surface area (Å²) in [4.78, 5) is 23.0. The van der Waals surface area contributed by atoms with Gasteiger partial charge < -0.3 is 0 Å². The van der Waals surface area contributed by atoms with Crippen molar-refractivity contribution in [1.82, 2.24) is 0 Å². The number of hydrogen-bond donors (Lipinski definition) is 0. The van der Waals surface area contributed by atoms with E-state index in [4.69, 9.17) is 0 Å². The van der Waals surface area contributed by atoms with Crippen molar-refractivity contribution in [3.63, 3.8) is 0 Å². The van der Waals surface area contributed by atoms with E-state index in [2.05, 4.69) is 0 Å². The van der Waals surface area contributed by atoms with E-state index in [9.17, 15) is 9.59 Å². The summed E-state index contributed by atoms with van der Waals surface area (Å²) in [6.07, 6.45) is 7.90. The number of fused-ring (bicyclic) bond motifs is 3. The van der Waals surface area contributed by atoms with Crippen molar-refractivity contribution in [1.29, 1.82) is 0 Å². The van der Waals surface area contributed by atoms with Crippen LogP contribution >= 0.6 is 0 Å². The van der Waals surface area contributed by atoms with Crippen molar-refractivity contribution in [3.8, 4) is 0 Å². The van der Waals surface area contributed by atoms with E-state index in [-0.39, 0.29) is 0 Å². The molecule has 4 unspecified atom stereocenters. The van der Waals surface area contributed by atoms with Crippen LogP contribution < -0.4 is 0 Å². The smallest absolute Gasteiger partial charge is 0.133 e. The number of ketones is 2. The molecule has 0 aliphatic heterocycles. The molecule has 0 aromatic rings. The third-order valence-electron chi connectivity index (χ3n) is 5.16. The third-order valence-corrected chi connectivity index (χ3v) is 5.16. The molecule has 0 heterocycles. The summed E-state index contributed by atoms with van der Waals surface area (Å²) in [6.45, 7) is 0. The van der Waals surface area contributed by atoms with Crippen molar-refractivity contribution in [2.75, 3.05) is 0 Å². The first-order valence-corrected chi connectivity index (χ1v) is 6.77. The Morgan fingerprint density at radius 3 is 1.56 bits per heavy atom. The second kappa shape index (κ2) is 3.97. The Morgan fingerprint density at radius 1 is 0.688 bits per heavy atom. The molecule has 3 fully saturated rings. The standard InChI is InChI=1S/C14H20O2/c15-11-3-5-13-9(7-11)1-2-10-8-12(16)4-6-14(10)13/h9-10,13-14H,1-8H2. The molecule has 0 radical (unpaired) electrons. The number of Topliss-reactive ketones (excluding diaryl/α,β-unsaturated/α-hetero) is 2. The largest absolute Gasteiger partial charge is 0.300 e. The van der Waals surface area contributed by atoms with E-state index in [0.29, 0.717) is 23.4 Å². The highest BCUT2D eigenvalue weighted by Gasteiger charge is 2.43. The van der Waals surface area contributed by atoms with Crippen LogP contribution in [0.15, 0.2) is 0 Å². The van der Waals surface area contributed by atoms with Gasteiger partial charge in [-0.15, -0.1) is 0 Å². The highest BCUT2D eigenvalue weighted by molar-refractivity contribution is 5.80. The maximum Gasteiger partial charge on any atom is 0.133 e. The van der Waals surface area contributed by atoms with Crippen LogP contribution in [0.25, 0.3) is 0 Å². The van der Waals surface area contributed by atoms with Crippen LogP contribution in [0.4, 0.5) is 0 Å². The van der Waals surface area contributed by atoms with E-state index in [1.165, 1.54) is 12.8 Å². The highest BCUT2D eigenvalue weighted by Crippen LogP contribution is 2.50. The maximum atomic E-state index is 11.5. The minimum Gasteiger partial charge on any atom is -0.300 e. The minimum atomic E-state index is 0.478. The monoisotopic (exact) mass is 220 g/mol. The summed E-state index contributed by atoms with van der Waals surface area (Å²) >= 11 is 0. The lowest BCUT2D eigenvalue weighted by Gasteiger charge is -2.47. The van der Waals surface area contributed by atoms with E-state index < -0.39 is 0 Å². The van der Waals surface area contributed by atoms with Crippen molar-refractivity contribution in [3.05, 3.63) is 0 Å². The fourth-order valence-electron chi connectivity index (χ4n) is 4.41. The predicted molar refractivity (Wildman–Crippen MR) is 60.9 cm³/mol. The quantitative estimate of drug-likeness (QED) is 0.629. The van der Waals surface area contributed by atoms with Crippen LogP contribution in [0.1, 0.15) is 51.4 Å². The Hall–Kier alpha value is -0.660. The second-order valence-corrected chi connectivity index (χ2v) is 5.99. The molecule has 88 valence electrons. The molecule has 3 aliphatic carbocycles. The fraction of sp³-hybridized carbons (Fsp3) is 0.857. The molecule has 3 saturated carbocycles. The number of rotatable bonds is 0. The molecule has 0 spiro atoms. The van der Waals surface area contributed by atoms with Gasteiger partial charge in [-0.3, -0.25) is 9.59 Å². The lowest BCUT2D eigenvalue weighted by molar-refractivity contribution is -0.130. The van der Waals surface area contributed by atoms with Gasteiger partial charge >= 0.3 is 0 Å². The Labute approximate surface area is 96.8 Å². The molecular formula is C14H20O2. The molecule has 3 aliphatic rings. The molecule has 0 aromatic heterocycles.